The summed E-state index contributed by atoms with van der Waals surface area (Å²) in [4.78, 5) is 1.61. The third-order valence-electron chi connectivity index (χ3n) is 2.51. The second-order valence-electron chi connectivity index (χ2n) is 4.46. The van der Waals surface area contributed by atoms with E-state index in [0.717, 1.165) is 15.5 Å². The van der Waals surface area contributed by atoms with Crippen molar-refractivity contribution >= 4 is 10.8 Å². The van der Waals surface area contributed by atoms with Crippen LogP contribution in [0.3, 0.4) is 0 Å². The summed E-state index contributed by atoms with van der Waals surface area (Å²) < 4.78 is 17.3. The molecule has 0 aliphatic rings. The number of hydrogen-bond donors (Lipinski definition) is 0. The van der Waals surface area contributed by atoms with Crippen LogP contribution < -0.4 is 4.74 Å². The Morgan fingerprint density at radius 2 is 1.23 bits per heavy atom. The van der Waals surface area contributed by atoms with E-state index in [1.807, 2.05) is 69.3 Å². The molecule has 0 radical (unpaired) electrons. The quantitative estimate of drug-likeness (QED) is 0.734. The largest absolute Gasteiger partial charge is 0.497 e. The molecule has 2 aromatic carbocycles. The van der Waals surface area contributed by atoms with Crippen LogP contribution in [0.5, 0.6) is 5.75 Å². The van der Waals surface area contributed by atoms with Gasteiger partial charge in [-0.3, -0.25) is 0 Å². The normalized spacial score (nSPS) is 10.5. The maximum atomic E-state index is 12.2. The molecule has 0 spiro atoms. The van der Waals surface area contributed by atoms with Crippen LogP contribution in [0.1, 0.15) is 39.7 Å². The van der Waals surface area contributed by atoms with Crippen molar-refractivity contribution in [3.05, 3.63) is 54.1 Å². The number of aryl methyl sites for hydroxylation is 1. The van der Waals surface area contributed by atoms with Gasteiger partial charge in [0.1, 0.15) is 5.75 Å². The van der Waals surface area contributed by atoms with E-state index in [4.69, 9.17) is 4.74 Å². The molecule has 2 nitrogen and oxygen atoms in total. The minimum absolute atomic E-state index is 0.773. The minimum Gasteiger partial charge on any atom is -0.497 e. The van der Waals surface area contributed by atoms with Crippen molar-refractivity contribution in [3.63, 3.8) is 0 Å². The molecule has 0 saturated heterocycles. The van der Waals surface area contributed by atoms with Crippen molar-refractivity contribution in [2.24, 2.45) is 0 Å². The van der Waals surface area contributed by atoms with Gasteiger partial charge in [0.25, 0.3) is 0 Å². The fourth-order valence-corrected chi connectivity index (χ4v) is 2.54. The number of ether oxygens (including phenoxy) is 1. The van der Waals surface area contributed by atoms with Gasteiger partial charge in [-0.1, -0.05) is 51.8 Å². The Hall–Kier alpha value is -1.61. The first-order valence-corrected chi connectivity index (χ1v) is 8.89. The summed E-state index contributed by atoms with van der Waals surface area (Å²) in [6.45, 7) is 10.3. The Balaban J connectivity index is 0.000000789. The summed E-state index contributed by atoms with van der Waals surface area (Å²) in [6, 6.07) is 15.0. The van der Waals surface area contributed by atoms with Crippen LogP contribution in [0.15, 0.2) is 58.3 Å². The summed E-state index contributed by atoms with van der Waals surface area (Å²) in [7, 11) is 0.496. The van der Waals surface area contributed by atoms with E-state index in [9.17, 15) is 4.21 Å². The lowest BCUT2D eigenvalue weighted by Gasteiger charge is -2.04. The second kappa shape index (κ2) is 12.0. The monoisotopic (exact) mass is 320 g/mol. The van der Waals surface area contributed by atoms with Gasteiger partial charge in [-0.2, -0.15) is 0 Å². The van der Waals surface area contributed by atoms with Gasteiger partial charge in [-0.05, 0) is 43.3 Å². The number of hydrogen-bond acceptors (Lipinski definition) is 2. The molecule has 0 aliphatic heterocycles. The Kier molecular flexibility index (Phi) is 11.1. The predicted octanol–water partition coefficient (Wildman–Crippen LogP) is 5.61. The van der Waals surface area contributed by atoms with Gasteiger partial charge in [0.15, 0.2) is 0 Å². The average molecular weight is 320 g/mol. The highest BCUT2D eigenvalue weighted by atomic mass is 32.2. The van der Waals surface area contributed by atoms with E-state index in [2.05, 4.69) is 13.8 Å². The summed E-state index contributed by atoms with van der Waals surface area (Å²) in [5.41, 5.74) is 1.17. The molecular formula is C19H28O2S. The van der Waals surface area contributed by atoms with Crippen LogP contribution in [0.4, 0.5) is 0 Å². The SMILES string of the molecule is CC.CCC.COc1ccc(S(=O)c2ccc(C)cc2)cc1. The van der Waals surface area contributed by atoms with E-state index in [1.165, 1.54) is 12.0 Å². The molecule has 0 heterocycles. The third-order valence-corrected chi connectivity index (χ3v) is 3.91. The highest BCUT2D eigenvalue weighted by Gasteiger charge is 2.06. The zero-order valence-corrected chi connectivity index (χ0v) is 15.4. The lowest BCUT2D eigenvalue weighted by atomic mass is 10.2. The Labute approximate surface area is 138 Å². The highest BCUT2D eigenvalue weighted by molar-refractivity contribution is 7.85. The van der Waals surface area contributed by atoms with E-state index >= 15 is 0 Å². The second-order valence-corrected chi connectivity index (χ2v) is 5.94. The van der Waals surface area contributed by atoms with E-state index < -0.39 is 10.8 Å². The lowest BCUT2D eigenvalue weighted by Crippen LogP contribution is -1.93. The molecule has 0 aliphatic carbocycles. The van der Waals surface area contributed by atoms with Crippen LogP contribution >= 0.6 is 0 Å². The van der Waals surface area contributed by atoms with E-state index in [-0.39, 0.29) is 0 Å². The smallest absolute Gasteiger partial charge is 0.118 e. The minimum atomic E-state index is -1.12. The number of methoxy groups -OCH3 is 1. The van der Waals surface area contributed by atoms with Crippen molar-refractivity contribution in [3.8, 4) is 5.75 Å². The van der Waals surface area contributed by atoms with Crippen LogP contribution in [-0.2, 0) is 10.8 Å². The van der Waals surface area contributed by atoms with Crippen molar-refractivity contribution < 1.29 is 8.95 Å². The number of benzene rings is 2. The van der Waals surface area contributed by atoms with Crippen LogP contribution in [0.2, 0.25) is 0 Å². The summed E-state index contributed by atoms with van der Waals surface area (Å²) in [6.07, 6.45) is 1.25. The molecule has 22 heavy (non-hydrogen) atoms. The summed E-state index contributed by atoms with van der Waals surface area (Å²) in [5.74, 6) is 0.773. The highest BCUT2D eigenvalue weighted by Crippen LogP contribution is 2.19. The predicted molar refractivity (Wildman–Crippen MR) is 96.2 cm³/mol. The first-order valence-electron chi connectivity index (χ1n) is 7.74. The average Bonchev–Trinajstić information content (AvgIpc) is 2.57. The van der Waals surface area contributed by atoms with Crippen LogP contribution in [-0.4, -0.2) is 11.3 Å². The van der Waals surface area contributed by atoms with E-state index in [1.54, 1.807) is 7.11 Å². The van der Waals surface area contributed by atoms with Crippen LogP contribution in [0, 0.1) is 6.92 Å². The fraction of sp³-hybridized carbons (Fsp3) is 0.368. The molecule has 0 saturated carbocycles. The molecular weight excluding hydrogens is 292 g/mol. The maximum Gasteiger partial charge on any atom is 0.118 e. The molecule has 2 rings (SSSR count). The fourth-order valence-electron chi connectivity index (χ4n) is 1.50. The molecule has 0 aromatic heterocycles. The molecule has 2 aromatic rings. The molecule has 0 fully saturated rings. The van der Waals surface area contributed by atoms with E-state index in [0.29, 0.717) is 0 Å². The molecule has 3 heteroatoms. The first kappa shape index (κ1) is 20.4. The Morgan fingerprint density at radius 3 is 1.59 bits per heavy atom. The molecule has 0 amide bonds. The van der Waals surface area contributed by atoms with Gasteiger partial charge in [0.05, 0.1) is 17.9 Å². The summed E-state index contributed by atoms with van der Waals surface area (Å²) >= 11 is 0. The van der Waals surface area contributed by atoms with Crippen molar-refractivity contribution in [2.45, 2.75) is 50.8 Å². The topological polar surface area (TPSA) is 26.3 Å². The third kappa shape index (κ3) is 6.90. The first-order chi connectivity index (χ1) is 10.6. The standard InChI is InChI=1S/C14H14O2S.C3H8.C2H6/c1-11-3-7-13(8-4-11)17(15)14-9-5-12(16-2)6-10-14;1-3-2;1-2/h3-10H,1-2H3;3H2,1-2H3;1-2H3. The Bertz CT molecular complexity index is 530. The van der Waals surface area contributed by atoms with Crippen molar-refractivity contribution in [1.29, 1.82) is 0 Å². The van der Waals surface area contributed by atoms with Crippen molar-refractivity contribution in [2.75, 3.05) is 7.11 Å². The van der Waals surface area contributed by atoms with Gasteiger partial charge in [-0.25, -0.2) is 4.21 Å². The molecule has 0 bridgehead atoms. The molecule has 1 atom stereocenters. The van der Waals surface area contributed by atoms with Crippen molar-refractivity contribution in [1.82, 2.24) is 0 Å². The zero-order valence-electron chi connectivity index (χ0n) is 14.6. The van der Waals surface area contributed by atoms with Gasteiger partial charge in [-0.15, -0.1) is 0 Å². The molecule has 1 unspecified atom stereocenters. The van der Waals surface area contributed by atoms with Gasteiger partial charge in [0.2, 0.25) is 0 Å². The maximum absolute atomic E-state index is 12.2. The lowest BCUT2D eigenvalue weighted by molar-refractivity contribution is 0.414. The zero-order chi connectivity index (χ0) is 17.0. The van der Waals surface area contributed by atoms with Crippen LogP contribution in [0.25, 0.3) is 0 Å². The van der Waals surface area contributed by atoms with Gasteiger partial charge >= 0.3 is 0 Å². The van der Waals surface area contributed by atoms with Gasteiger partial charge < -0.3 is 4.74 Å². The Morgan fingerprint density at radius 1 is 0.864 bits per heavy atom. The van der Waals surface area contributed by atoms with Gasteiger partial charge in [0, 0.05) is 9.79 Å². The molecule has 122 valence electrons. The summed E-state index contributed by atoms with van der Waals surface area (Å²) in [5, 5.41) is 0. The number of rotatable bonds is 3. The molecule has 0 N–H and O–H groups in total.